The van der Waals surface area contributed by atoms with Gasteiger partial charge in [0.2, 0.25) is 0 Å². The zero-order chi connectivity index (χ0) is 12.4. The van der Waals surface area contributed by atoms with Crippen molar-refractivity contribution in [1.29, 1.82) is 0 Å². The van der Waals surface area contributed by atoms with Crippen LogP contribution in [0.3, 0.4) is 0 Å². The van der Waals surface area contributed by atoms with Gasteiger partial charge in [-0.15, -0.1) is 0 Å². The molecule has 0 N–H and O–H groups in total. The summed E-state index contributed by atoms with van der Waals surface area (Å²) < 4.78 is 4.48. The van der Waals surface area contributed by atoms with Crippen LogP contribution in [0.5, 0.6) is 0 Å². The summed E-state index contributed by atoms with van der Waals surface area (Å²) in [5.41, 5.74) is 1.69. The van der Waals surface area contributed by atoms with Crippen LogP contribution in [0.15, 0.2) is 11.1 Å². The summed E-state index contributed by atoms with van der Waals surface area (Å²) >= 11 is 0. The Hall–Kier alpha value is -1.12. The summed E-state index contributed by atoms with van der Waals surface area (Å²) in [6.45, 7) is 9.28. The Morgan fingerprint density at radius 2 is 1.40 bits per heavy atom. The molecule has 0 aromatic rings. The van der Waals surface area contributed by atoms with E-state index in [0.717, 1.165) is 5.57 Å². The molecule has 0 aliphatic heterocycles. The highest BCUT2D eigenvalue weighted by Crippen LogP contribution is 2.02. The van der Waals surface area contributed by atoms with Gasteiger partial charge < -0.3 is 4.74 Å². The molecule has 0 saturated heterocycles. The maximum atomic E-state index is 10.7. The third kappa shape index (κ3) is 9.19. The molecule has 3 heteroatoms. The molecule has 0 bridgehead atoms. The van der Waals surface area contributed by atoms with Gasteiger partial charge in [-0.05, 0) is 20.8 Å². The summed E-state index contributed by atoms with van der Waals surface area (Å²) in [7, 11) is 1.38. The van der Waals surface area contributed by atoms with Gasteiger partial charge in [0.15, 0.2) is 0 Å². The number of carbonyl (C=O) groups excluding carboxylic acids is 2. The summed E-state index contributed by atoms with van der Waals surface area (Å²) in [5, 5.41) is 0. The van der Waals surface area contributed by atoms with E-state index in [1.807, 2.05) is 27.7 Å². The van der Waals surface area contributed by atoms with Crippen LogP contribution in [0.4, 0.5) is 0 Å². The van der Waals surface area contributed by atoms with Crippen molar-refractivity contribution in [3.05, 3.63) is 11.1 Å². The highest BCUT2D eigenvalue weighted by Gasteiger charge is 2.02. The first kappa shape index (κ1) is 16.3. The van der Waals surface area contributed by atoms with Crippen LogP contribution in [0, 0.1) is 0 Å². The third-order valence-corrected chi connectivity index (χ3v) is 2.03. The molecule has 15 heavy (non-hydrogen) atoms. The second-order valence-corrected chi connectivity index (χ2v) is 3.36. The van der Waals surface area contributed by atoms with Gasteiger partial charge in [-0.2, -0.15) is 0 Å². The minimum Gasteiger partial charge on any atom is -0.466 e. The molecule has 0 amide bonds. The number of esters is 1. The first-order valence-corrected chi connectivity index (χ1v) is 5.14. The highest BCUT2D eigenvalue weighted by molar-refractivity contribution is 5.88. The van der Waals surface area contributed by atoms with E-state index in [9.17, 15) is 9.59 Å². The minimum atomic E-state index is -0.241. The fraction of sp³-hybridized carbons (Fsp3) is 0.667. The fourth-order valence-electron chi connectivity index (χ4n) is 0.607. The normalized spacial score (nSPS) is 8.40. The summed E-state index contributed by atoms with van der Waals surface area (Å²) in [6, 6.07) is 0. The standard InChI is InChI=1S/C7H12O2.C5H10O/c1-5(2)6(3)7(8)9-4;1-3-5(6)4-2/h1-4H3;3-4H2,1-2H3. The molecule has 0 rings (SSSR count). The first-order chi connectivity index (χ1) is 6.90. The Morgan fingerprint density at radius 3 is 1.47 bits per heavy atom. The Morgan fingerprint density at radius 1 is 1.00 bits per heavy atom. The van der Waals surface area contributed by atoms with Crippen LogP contribution in [0.25, 0.3) is 0 Å². The number of carbonyl (C=O) groups is 2. The van der Waals surface area contributed by atoms with Crippen molar-refractivity contribution >= 4 is 11.8 Å². The Bertz CT molecular complexity index is 229. The maximum Gasteiger partial charge on any atom is 0.333 e. The lowest BCUT2D eigenvalue weighted by Crippen LogP contribution is -2.02. The van der Waals surface area contributed by atoms with Crippen molar-refractivity contribution < 1.29 is 14.3 Å². The summed E-state index contributed by atoms with van der Waals surface area (Å²) in [5.74, 6) is 0.102. The van der Waals surface area contributed by atoms with E-state index in [2.05, 4.69) is 4.74 Å². The molecule has 0 spiro atoms. The number of Topliss-reactive ketones (excluding diaryl/α,β-unsaturated/α-hetero) is 1. The molecule has 0 aromatic heterocycles. The second-order valence-electron chi connectivity index (χ2n) is 3.36. The molecule has 0 unspecified atom stereocenters. The smallest absolute Gasteiger partial charge is 0.333 e. The lowest BCUT2D eigenvalue weighted by Gasteiger charge is -1.98. The molecular formula is C12H22O3. The van der Waals surface area contributed by atoms with Crippen molar-refractivity contribution in [2.24, 2.45) is 0 Å². The zero-order valence-corrected chi connectivity index (χ0v) is 10.6. The van der Waals surface area contributed by atoms with Crippen LogP contribution in [0.1, 0.15) is 47.5 Å². The molecular weight excluding hydrogens is 192 g/mol. The number of methoxy groups -OCH3 is 1. The van der Waals surface area contributed by atoms with Crippen molar-refractivity contribution in [3.63, 3.8) is 0 Å². The average Bonchev–Trinajstić information content (AvgIpc) is 2.26. The lowest BCUT2D eigenvalue weighted by molar-refractivity contribution is -0.136. The molecule has 0 saturated carbocycles. The van der Waals surface area contributed by atoms with Gasteiger partial charge >= 0.3 is 5.97 Å². The van der Waals surface area contributed by atoms with Gasteiger partial charge in [0, 0.05) is 18.4 Å². The van der Waals surface area contributed by atoms with E-state index in [1.165, 1.54) is 7.11 Å². The topological polar surface area (TPSA) is 43.4 Å². The van der Waals surface area contributed by atoms with E-state index >= 15 is 0 Å². The van der Waals surface area contributed by atoms with E-state index in [0.29, 0.717) is 24.2 Å². The number of ether oxygens (including phenoxy) is 1. The van der Waals surface area contributed by atoms with Crippen molar-refractivity contribution in [3.8, 4) is 0 Å². The molecule has 0 atom stereocenters. The van der Waals surface area contributed by atoms with Crippen LogP contribution < -0.4 is 0 Å². The molecule has 88 valence electrons. The van der Waals surface area contributed by atoms with E-state index < -0.39 is 0 Å². The predicted octanol–water partition coefficient (Wildman–Crippen LogP) is 2.89. The third-order valence-electron chi connectivity index (χ3n) is 2.03. The van der Waals surface area contributed by atoms with Crippen LogP contribution in [0.2, 0.25) is 0 Å². The number of hydrogen-bond acceptors (Lipinski definition) is 3. The molecule has 0 heterocycles. The number of ketones is 1. The first-order valence-electron chi connectivity index (χ1n) is 5.14. The van der Waals surface area contributed by atoms with Crippen molar-refractivity contribution in [2.45, 2.75) is 47.5 Å². The number of allylic oxidation sites excluding steroid dienone is 1. The van der Waals surface area contributed by atoms with Crippen LogP contribution >= 0.6 is 0 Å². The lowest BCUT2D eigenvalue weighted by atomic mass is 10.2. The van der Waals surface area contributed by atoms with E-state index in [4.69, 9.17) is 0 Å². The van der Waals surface area contributed by atoms with Crippen LogP contribution in [-0.4, -0.2) is 18.9 Å². The van der Waals surface area contributed by atoms with Gasteiger partial charge in [-0.1, -0.05) is 19.4 Å². The Kier molecular flexibility index (Phi) is 10.3. The SMILES string of the molecule is CCC(=O)CC.COC(=O)C(C)=C(C)C. The molecule has 0 aliphatic rings. The van der Waals surface area contributed by atoms with Gasteiger partial charge in [0.05, 0.1) is 7.11 Å². The van der Waals surface area contributed by atoms with Crippen molar-refractivity contribution in [1.82, 2.24) is 0 Å². The zero-order valence-electron chi connectivity index (χ0n) is 10.6. The Balaban J connectivity index is 0. The van der Waals surface area contributed by atoms with Crippen molar-refractivity contribution in [2.75, 3.05) is 7.11 Å². The monoisotopic (exact) mass is 214 g/mol. The molecule has 0 radical (unpaired) electrons. The maximum absolute atomic E-state index is 10.7. The number of hydrogen-bond donors (Lipinski definition) is 0. The molecule has 0 aliphatic carbocycles. The van der Waals surface area contributed by atoms with Gasteiger partial charge in [0.1, 0.15) is 5.78 Å². The predicted molar refractivity (Wildman–Crippen MR) is 61.7 cm³/mol. The number of rotatable bonds is 3. The summed E-state index contributed by atoms with van der Waals surface area (Å²) in [6.07, 6.45) is 1.38. The van der Waals surface area contributed by atoms with E-state index in [-0.39, 0.29) is 5.97 Å². The molecule has 0 fully saturated rings. The van der Waals surface area contributed by atoms with Gasteiger partial charge in [-0.3, -0.25) is 4.79 Å². The van der Waals surface area contributed by atoms with E-state index in [1.54, 1.807) is 6.92 Å². The molecule has 3 nitrogen and oxygen atoms in total. The summed E-state index contributed by atoms with van der Waals surface area (Å²) in [4.78, 5) is 20.9. The van der Waals surface area contributed by atoms with Crippen LogP contribution in [-0.2, 0) is 14.3 Å². The second kappa shape index (κ2) is 9.44. The highest BCUT2D eigenvalue weighted by atomic mass is 16.5. The average molecular weight is 214 g/mol. The fourth-order valence-corrected chi connectivity index (χ4v) is 0.607. The quantitative estimate of drug-likeness (QED) is 0.536. The molecule has 0 aromatic carbocycles. The van der Waals surface area contributed by atoms with Gasteiger partial charge in [-0.25, -0.2) is 4.79 Å². The minimum absolute atomic E-state index is 0.241. The van der Waals surface area contributed by atoms with Gasteiger partial charge in [0.25, 0.3) is 0 Å². The largest absolute Gasteiger partial charge is 0.466 e. The Labute approximate surface area is 92.5 Å².